The lowest BCUT2D eigenvalue weighted by atomic mass is 10.0. The van der Waals surface area contributed by atoms with Gasteiger partial charge >= 0.3 is 0 Å². The maximum absolute atomic E-state index is 6.08. The first-order chi connectivity index (χ1) is 8.24. The van der Waals surface area contributed by atoms with Crippen LogP contribution in [0.5, 0.6) is 0 Å². The van der Waals surface area contributed by atoms with Crippen LogP contribution in [-0.4, -0.2) is 31.1 Å². The monoisotopic (exact) mass is 252 g/mol. The molecule has 2 rings (SSSR count). The Balaban J connectivity index is 2.11. The lowest BCUT2D eigenvalue weighted by Gasteiger charge is -2.27. The molecule has 1 aromatic carbocycles. The molecular formula is C14H21ClN2. The molecule has 3 heteroatoms. The van der Waals surface area contributed by atoms with Gasteiger partial charge in [-0.05, 0) is 37.6 Å². The summed E-state index contributed by atoms with van der Waals surface area (Å²) in [6, 6.07) is 9.43. The molecule has 17 heavy (non-hydrogen) atoms. The number of hydrogen-bond donors (Lipinski definition) is 1. The molecule has 2 unspecified atom stereocenters. The largest absolute Gasteiger partial charge is 0.316 e. The van der Waals surface area contributed by atoms with Crippen LogP contribution in [0.3, 0.4) is 0 Å². The van der Waals surface area contributed by atoms with Crippen molar-refractivity contribution in [1.82, 2.24) is 10.2 Å². The molecule has 0 radical (unpaired) electrons. The van der Waals surface area contributed by atoms with Crippen molar-refractivity contribution in [1.29, 1.82) is 0 Å². The van der Waals surface area contributed by atoms with Gasteiger partial charge < -0.3 is 5.32 Å². The summed E-state index contributed by atoms with van der Waals surface area (Å²) < 4.78 is 0. The van der Waals surface area contributed by atoms with Gasteiger partial charge in [-0.3, -0.25) is 4.90 Å². The van der Waals surface area contributed by atoms with Gasteiger partial charge in [-0.2, -0.15) is 0 Å². The molecule has 2 atom stereocenters. The third kappa shape index (κ3) is 3.01. The molecule has 0 spiro atoms. The van der Waals surface area contributed by atoms with Crippen LogP contribution in [-0.2, 0) is 0 Å². The van der Waals surface area contributed by atoms with Gasteiger partial charge in [-0.25, -0.2) is 0 Å². The molecule has 1 saturated heterocycles. The zero-order valence-electron chi connectivity index (χ0n) is 10.6. The van der Waals surface area contributed by atoms with E-state index in [2.05, 4.69) is 36.3 Å². The third-order valence-electron chi connectivity index (χ3n) is 3.69. The number of halogens is 1. The van der Waals surface area contributed by atoms with E-state index in [1.165, 1.54) is 18.5 Å². The van der Waals surface area contributed by atoms with Crippen LogP contribution in [0, 0.1) is 0 Å². The fourth-order valence-electron chi connectivity index (χ4n) is 2.72. The summed E-state index contributed by atoms with van der Waals surface area (Å²) >= 11 is 6.08. The van der Waals surface area contributed by atoms with Crippen LogP contribution in [0.1, 0.15) is 31.4 Å². The fraction of sp³-hybridized carbons (Fsp3) is 0.571. The number of likely N-dealkylation sites (N-methyl/N-ethyl adjacent to an activating group) is 1. The van der Waals surface area contributed by atoms with Gasteiger partial charge in [0.15, 0.2) is 0 Å². The Bertz CT molecular complexity index is 367. The van der Waals surface area contributed by atoms with E-state index in [9.17, 15) is 0 Å². The predicted molar refractivity (Wildman–Crippen MR) is 73.5 cm³/mol. The van der Waals surface area contributed by atoms with E-state index in [0.717, 1.165) is 18.0 Å². The Morgan fingerprint density at radius 1 is 1.53 bits per heavy atom. The van der Waals surface area contributed by atoms with Gasteiger partial charge in [0, 0.05) is 30.2 Å². The number of nitrogens with zero attached hydrogens (tertiary/aromatic N) is 1. The first-order valence-electron chi connectivity index (χ1n) is 6.41. The van der Waals surface area contributed by atoms with Crippen LogP contribution in [0.15, 0.2) is 24.3 Å². The van der Waals surface area contributed by atoms with E-state index in [1.54, 1.807) is 0 Å². The normalized spacial score (nSPS) is 22.9. The van der Waals surface area contributed by atoms with E-state index in [1.807, 2.05) is 12.1 Å². The number of nitrogens with one attached hydrogen (secondary N) is 1. The second kappa shape index (κ2) is 5.85. The van der Waals surface area contributed by atoms with Gasteiger partial charge in [0.2, 0.25) is 0 Å². The van der Waals surface area contributed by atoms with Crippen LogP contribution < -0.4 is 5.32 Å². The molecule has 1 heterocycles. The minimum atomic E-state index is 0.507. The van der Waals surface area contributed by atoms with Crippen molar-refractivity contribution >= 4 is 11.6 Å². The number of hydrogen-bond acceptors (Lipinski definition) is 2. The minimum absolute atomic E-state index is 0.507. The molecule has 1 aromatic rings. The number of benzene rings is 1. The van der Waals surface area contributed by atoms with Crippen molar-refractivity contribution < 1.29 is 0 Å². The molecule has 0 aromatic heterocycles. The van der Waals surface area contributed by atoms with Crippen molar-refractivity contribution in [3.8, 4) is 0 Å². The van der Waals surface area contributed by atoms with Crippen LogP contribution in [0.4, 0.5) is 0 Å². The molecule has 1 N–H and O–H groups in total. The van der Waals surface area contributed by atoms with Crippen molar-refractivity contribution in [2.45, 2.75) is 31.8 Å². The van der Waals surface area contributed by atoms with E-state index in [4.69, 9.17) is 11.6 Å². The highest BCUT2D eigenvalue weighted by Gasteiger charge is 2.27. The van der Waals surface area contributed by atoms with E-state index < -0.39 is 0 Å². The summed E-state index contributed by atoms with van der Waals surface area (Å²) in [6.07, 6.45) is 2.38. The number of likely N-dealkylation sites (tertiary alicyclic amines) is 1. The molecule has 0 aliphatic carbocycles. The Kier molecular flexibility index (Phi) is 4.43. The summed E-state index contributed by atoms with van der Waals surface area (Å²) in [5.41, 5.74) is 1.34. The van der Waals surface area contributed by atoms with E-state index in [-0.39, 0.29) is 0 Å². The Labute approximate surface area is 109 Å². The maximum atomic E-state index is 6.08. The lowest BCUT2D eigenvalue weighted by Crippen LogP contribution is -2.31. The predicted octanol–water partition coefficient (Wildman–Crippen LogP) is 3.08. The zero-order chi connectivity index (χ0) is 12.3. The van der Waals surface area contributed by atoms with Crippen molar-refractivity contribution in [2.24, 2.45) is 0 Å². The van der Waals surface area contributed by atoms with Gasteiger partial charge in [-0.15, -0.1) is 0 Å². The summed E-state index contributed by atoms with van der Waals surface area (Å²) in [5, 5.41) is 4.21. The highest BCUT2D eigenvalue weighted by atomic mass is 35.5. The van der Waals surface area contributed by atoms with Gasteiger partial charge in [0.05, 0.1) is 0 Å². The summed E-state index contributed by atoms with van der Waals surface area (Å²) in [7, 11) is 2.05. The van der Waals surface area contributed by atoms with Crippen molar-refractivity contribution in [3.63, 3.8) is 0 Å². The van der Waals surface area contributed by atoms with E-state index >= 15 is 0 Å². The van der Waals surface area contributed by atoms with Crippen molar-refractivity contribution in [2.75, 3.05) is 20.1 Å². The van der Waals surface area contributed by atoms with Crippen LogP contribution in [0.25, 0.3) is 0 Å². The molecule has 1 aliphatic rings. The van der Waals surface area contributed by atoms with Crippen LogP contribution in [0.2, 0.25) is 5.02 Å². The van der Waals surface area contributed by atoms with Gasteiger partial charge in [0.1, 0.15) is 0 Å². The highest BCUT2D eigenvalue weighted by molar-refractivity contribution is 6.30. The maximum Gasteiger partial charge on any atom is 0.0409 e. The molecule has 0 saturated carbocycles. The third-order valence-corrected chi connectivity index (χ3v) is 3.92. The highest BCUT2D eigenvalue weighted by Crippen LogP contribution is 2.29. The molecule has 1 aliphatic heterocycles. The van der Waals surface area contributed by atoms with Gasteiger partial charge in [-0.1, -0.05) is 30.7 Å². The summed E-state index contributed by atoms with van der Waals surface area (Å²) in [6.45, 7) is 4.57. The van der Waals surface area contributed by atoms with Gasteiger partial charge in [0.25, 0.3) is 0 Å². The molecule has 2 nitrogen and oxygen atoms in total. The smallest absolute Gasteiger partial charge is 0.0409 e. The van der Waals surface area contributed by atoms with Crippen LogP contribution >= 0.6 is 11.6 Å². The zero-order valence-corrected chi connectivity index (χ0v) is 11.4. The van der Waals surface area contributed by atoms with E-state index in [0.29, 0.717) is 12.1 Å². The average Bonchev–Trinajstić information content (AvgIpc) is 2.79. The lowest BCUT2D eigenvalue weighted by molar-refractivity contribution is 0.234. The Morgan fingerprint density at radius 3 is 2.94 bits per heavy atom. The first kappa shape index (κ1) is 12.9. The summed E-state index contributed by atoms with van der Waals surface area (Å²) in [5.74, 6) is 0. The Morgan fingerprint density at radius 2 is 2.35 bits per heavy atom. The Hall–Kier alpha value is -0.570. The molecule has 0 amide bonds. The van der Waals surface area contributed by atoms with Crippen molar-refractivity contribution in [3.05, 3.63) is 34.9 Å². The number of rotatable bonds is 4. The molecule has 0 bridgehead atoms. The molecular weight excluding hydrogens is 232 g/mol. The SMILES string of the molecule is CCC(c1cccc(Cl)c1)N1CCC(NC)C1. The second-order valence-electron chi connectivity index (χ2n) is 4.75. The minimum Gasteiger partial charge on any atom is -0.316 e. The average molecular weight is 253 g/mol. The molecule has 94 valence electrons. The quantitative estimate of drug-likeness (QED) is 0.886. The topological polar surface area (TPSA) is 15.3 Å². The fourth-order valence-corrected chi connectivity index (χ4v) is 2.92. The first-order valence-corrected chi connectivity index (χ1v) is 6.79. The second-order valence-corrected chi connectivity index (χ2v) is 5.18. The summed E-state index contributed by atoms with van der Waals surface area (Å²) in [4.78, 5) is 2.56. The standard InChI is InChI=1S/C14H21ClN2/c1-3-14(11-5-4-6-12(15)9-11)17-8-7-13(10-17)16-2/h4-6,9,13-14,16H,3,7-8,10H2,1-2H3. The molecule has 1 fully saturated rings.